The fraction of sp³-hybridized carbons (Fsp3) is 0. The highest BCUT2D eigenvalue weighted by Crippen LogP contribution is 1.91. The molecule has 0 aliphatic carbocycles. The van der Waals surface area contributed by atoms with E-state index in [4.69, 9.17) is 9.11 Å². The maximum atomic E-state index is 9.77. The highest BCUT2D eigenvalue weighted by atomic mass is 32.3. The van der Waals surface area contributed by atoms with Crippen LogP contribution in [-0.4, -0.2) is 25.9 Å². The molecule has 0 aliphatic heterocycles. The Morgan fingerprint density at radius 1 is 0.833 bits per heavy atom. The van der Waals surface area contributed by atoms with E-state index in [1.54, 1.807) is 0 Å². The molecule has 12 heavy (non-hydrogen) atoms. The van der Waals surface area contributed by atoms with Gasteiger partial charge in [-0.2, -0.15) is 16.8 Å². The topological polar surface area (TPSA) is 127 Å². The van der Waals surface area contributed by atoms with Crippen molar-refractivity contribution in [3.63, 3.8) is 0 Å². The van der Waals surface area contributed by atoms with Gasteiger partial charge in [0.05, 0.1) is 0 Å². The summed E-state index contributed by atoms with van der Waals surface area (Å²) in [7, 11) is -9.37. The molecule has 10 heteroatoms. The summed E-state index contributed by atoms with van der Waals surface area (Å²) < 4.78 is 61.8. The molecule has 0 unspecified atom stereocenters. The van der Waals surface area contributed by atoms with Crippen LogP contribution in [0.2, 0.25) is 0 Å². The Morgan fingerprint density at radius 2 is 1.08 bits per heavy atom. The molecule has 72 valence electrons. The van der Waals surface area contributed by atoms with Crippen molar-refractivity contribution >= 4 is 20.8 Å². The molecule has 0 aliphatic rings. The third-order valence-electron chi connectivity index (χ3n) is 0.410. The van der Waals surface area contributed by atoms with Crippen LogP contribution in [0.25, 0.3) is 0 Å². The minimum Gasteiger partial charge on any atom is -0.366 e. The Balaban J connectivity index is 3.98. The zero-order valence-corrected chi connectivity index (χ0v) is 6.95. The molecule has 0 saturated carbocycles. The van der Waals surface area contributed by atoms with E-state index in [0.717, 1.165) is 0 Å². The first-order valence-electron chi connectivity index (χ1n) is 2.17. The summed E-state index contributed by atoms with van der Waals surface area (Å²) in [5, 5.41) is 0. The van der Waals surface area contributed by atoms with Crippen molar-refractivity contribution in [2.45, 2.75) is 0 Å². The molecular weight excluding hydrogens is 216 g/mol. The van der Waals surface area contributed by atoms with Crippen molar-refractivity contribution in [2.24, 2.45) is 0 Å². The van der Waals surface area contributed by atoms with Gasteiger partial charge in [0.25, 0.3) is 0 Å². The second-order valence-corrected chi connectivity index (χ2v) is 3.42. The van der Waals surface area contributed by atoms with Crippen LogP contribution < -0.4 is 0 Å². The Kier molecular flexibility index (Phi) is 3.45. The smallest absolute Gasteiger partial charge is 0.366 e. The first kappa shape index (κ1) is 11.2. The molecule has 0 radical (unpaired) electrons. The van der Waals surface area contributed by atoms with Gasteiger partial charge in [0.1, 0.15) is 12.5 Å². The van der Waals surface area contributed by atoms with Crippen LogP contribution in [0.5, 0.6) is 0 Å². The molecule has 0 rings (SSSR count). The van der Waals surface area contributed by atoms with Crippen molar-refractivity contribution < 1.29 is 34.3 Å². The monoisotopic (exact) mass is 220 g/mol. The van der Waals surface area contributed by atoms with Gasteiger partial charge < -0.3 is 8.37 Å². The van der Waals surface area contributed by atoms with Gasteiger partial charge >= 0.3 is 20.8 Å². The van der Waals surface area contributed by atoms with Gasteiger partial charge in [-0.1, -0.05) is 0 Å². The van der Waals surface area contributed by atoms with Crippen LogP contribution in [0.4, 0.5) is 0 Å². The summed E-state index contributed by atoms with van der Waals surface area (Å²) in [5.74, 6) is 0. The molecule has 0 heterocycles. The van der Waals surface area contributed by atoms with E-state index >= 15 is 0 Å². The van der Waals surface area contributed by atoms with Gasteiger partial charge in [-0.25, -0.2) is 0 Å². The van der Waals surface area contributed by atoms with E-state index in [1.807, 2.05) is 0 Å². The van der Waals surface area contributed by atoms with Gasteiger partial charge in [-0.3, -0.25) is 9.11 Å². The lowest BCUT2D eigenvalue weighted by Gasteiger charge is -1.93. The normalized spacial score (nSPS) is 13.2. The average molecular weight is 220 g/mol. The number of hydrogen-bond donors (Lipinski definition) is 2. The second-order valence-electron chi connectivity index (χ2n) is 1.32. The molecule has 0 amide bonds. The molecular formula is C2H4O8S2. The standard InChI is InChI=1S/C2H4O8S2/c3-11(4,5)9-1-2-10-12(6,7)8/h1-2H,(H,3,4,5)(H,6,7,8)/b2-1+. The minimum atomic E-state index is -4.69. The summed E-state index contributed by atoms with van der Waals surface area (Å²) in [6, 6.07) is 0. The lowest BCUT2D eigenvalue weighted by Crippen LogP contribution is -2.00. The predicted octanol–water partition coefficient (Wildman–Crippen LogP) is -0.904. The van der Waals surface area contributed by atoms with Crippen LogP contribution in [0.1, 0.15) is 0 Å². The average Bonchev–Trinajstić information content (AvgIpc) is 1.76. The van der Waals surface area contributed by atoms with Crippen molar-refractivity contribution in [1.82, 2.24) is 0 Å². The molecule has 0 aromatic carbocycles. The molecule has 0 fully saturated rings. The summed E-state index contributed by atoms with van der Waals surface area (Å²) in [6.45, 7) is 0. The third-order valence-corrected chi connectivity index (χ3v) is 1.12. The van der Waals surface area contributed by atoms with Crippen molar-refractivity contribution in [2.75, 3.05) is 0 Å². The molecule has 0 aromatic heterocycles. The van der Waals surface area contributed by atoms with Crippen LogP contribution in [0, 0.1) is 0 Å². The summed E-state index contributed by atoms with van der Waals surface area (Å²) in [4.78, 5) is 0. The Bertz CT molecular complexity index is 309. The van der Waals surface area contributed by atoms with E-state index < -0.39 is 20.8 Å². The molecule has 0 aromatic rings. The summed E-state index contributed by atoms with van der Waals surface area (Å²) >= 11 is 0. The molecule has 0 spiro atoms. The van der Waals surface area contributed by atoms with E-state index in [0.29, 0.717) is 0 Å². The van der Waals surface area contributed by atoms with E-state index in [9.17, 15) is 16.8 Å². The van der Waals surface area contributed by atoms with Crippen LogP contribution >= 0.6 is 0 Å². The van der Waals surface area contributed by atoms with Crippen LogP contribution in [0.3, 0.4) is 0 Å². The number of rotatable bonds is 4. The van der Waals surface area contributed by atoms with Crippen molar-refractivity contribution in [3.05, 3.63) is 12.5 Å². The van der Waals surface area contributed by atoms with Gasteiger partial charge in [-0.05, 0) is 0 Å². The van der Waals surface area contributed by atoms with E-state index in [1.165, 1.54) is 0 Å². The fourth-order valence-corrected chi connectivity index (χ4v) is 0.557. The van der Waals surface area contributed by atoms with Gasteiger partial charge in [0.15, 0.2) is 0 Å². The predicted molar refractivity (Wildman–Crippen MR) is 34.4 cm³/mol. The van der Waals surface area contributed by atoms with Crippen LogP contribution in [0.15, 0.2) is 12.5 Å². The maximum absolute atomic E-state index is 9.77. The zero-order chi connectivity index (χ0) is 9.83. The molecule has 0 atom stereocenters. The molecule has 2 N–H and O–H groups in total. The molecule has 0 bridgehead atoms. The zero-order valence-electron chi connectivity index (χ0n) is 5.32. The fourth-order valence-electron chi connectivity index (χ4n) is 0.186. The lowest BCUT2D eigenvalue weighted by atomic mass is 11.1. The van der Waals surface area contributed by atoms with Crippen LogP contribution in [-0.2, 0) is 29.2 Å². The van der Waals surface area contributed by atoms with Gasteiger partial charge in [-0.15, -0.1) is 0 Å². The highest BCUT2D eigenvalue weighted by molar-refractivity contribution is 7.81. The Labute approximate surface area is 68.3 Å². The highest BCUT2D eigenvalue weighted by Gasteiger charge is 2.02. The first-order chi connectivity index (χ1) is 5.21. The quantitative estimate of drug-likeness (QED) is 0.460. The number of hydrogen-bond acceptors (Lipinski definition) is 6. The SMILES string of the molecule is O=S(=O)(O)O/C=C/OS(=O)(=O)O. The first-order valence-corrected chi connectivity index (χ1v) is 4.90. The largest absolute Gasteiger partial charge is 0.446 e. The second kappa shape index (κ2) is 3.71. The minimum absolute atomic E-state index is 0.211. The van der Waals surface area contributed by atoms with E-state index in [-0.39, 0.29) is 12.5 Å². The summed E-state index contributed by atoms with van der Waals surface area (Å²) in [5.41, 5.74) is 0. The third kappa shape index (κ3) is 9.16. The molecule has 8 nitrogen and oxygen atoms in total. The van der Waals surface area contributed by atoms with E-state index in [2.05, 4.69) is 8.37 Å². The lowest BCUT2D eigenvalue weighted by molar-refractivity contribution is 0.326. The van der Waals surface area contributed by atoms with Crippen molar-refractivity contribution in [1.29, 1.82) is 0 Å². The van der Waals surface area contributed by atoms with Gasteiger partial charge in [0, 0.05) is 0 Å². The molecule has 0 saturated heterocycles. The van der Waals surface area contributed by atoms with Gasteiger partial charge in [0.2, 0.25) is 0 Å². The summed E-state index contributed by atoms with van der Waals surface area (Å²) in [6.07, 6.45) is 0.423. The Morgan fingerprint density at radius 3 is 1.25 bits per heavy atom. The van der Waals surface area contributed by atoms with Crippen molar-refractivity contribution in [3.8, 4) is 0 Å². The Hall–Kier alpha value is -0.840. The maximum Gasteiger partial charge on any atom is 0.446 e.